The van der Waals surface area contributed by atoms with Gasteiger partial charge in [-0.1, -0.05) is 6.07 Å². The Bertz CT molecular complexity index is 1420. The van der Waals surface area contributed by atoms with Gasteiger partial charge in [0.25, 0.3) is 0 Å². The van der Waals surface area contributed by atoms with E-state index in [9.17, 15) is 15.2 Å². The van der Waals surface area contributed by atoms with Gasteiger partial charge in [0, 0.05) is 36.1 Å². The summed E-state index contributed by atoms with van der Waals surface area (Å²) in [6.45, 7) is 3.22. The third kappa shape index (κ3) is 4.56. The zero-order valence-corrected chi connectivity index (χ0v) is 19.4. The third-order valence-electron chi connectivity index (χ3n) is 5.89. The van der Waals surface area contributed by atoms with Crippen molar-refractivity contribution in [3.63, 3.8) is 0 Å². The second-order valence-corrected chi connectivity index (χ2v) is 8.18. The van der Waals surface area contributed by atoms with Crippen LogP contribution >= 0.6 is 0 Å². The van der Waals surface area contributed by atoms with Crippen molar-refractivity contribution in [1.82, 2.24) is 24.9 Å². The van der Waals surface area contributed by atoms with Gasteiger partial charge in [-0.15, -0.1) is 0 Å². The van der Waals surface area contributed by atoms with Gasteiger partial charge in [0.15, 0.2) is 0 Å². The van der Waals surface area contributed by atoms with Crippen molar-refractivity contribution in [2.45, 2.75) is 19.1 Å². The molecule has 0 aromatic carbocycles. The Morgan fingerprint density at radius 3 is 2.83 bits per heavy atom. The van der Waals surface area contributed by atoms with Crippen molar-refractivity contribution < 1.29 is 19.4 Å². The summed E-state index contributed by atoms with van der Waals surface area (Å²) in [5.74, 6) is 1.74. The Morgan fingerprint density at radius 2 is 2.14 bits per heavy atom. The van der Waals surface area contributed by atoms with Crippen LogP contribution in [0.5, 0.6) is 11.6 Å². The molecular weight excluding hydrogens is 462 g/mol. The molecule has 2 N–H and O–H groups in total. The largest absolute Gasteiger partial charge is 0.492 e. The normalized spacial score (nSPS) is 17.1. The fourth-order valence-electron chi connectivity index (χ4n) is 4.33. The lowest BCUT2D eigenvalue weighted by Gasteiger charge is -2.18. The Balaban J connectivity index is 1.42. The van der Waals surface area contributed by atoms with Gasteiger partial charge in [-0.2, -0.15) is 10.4 Å². The molecule has 1 aliphatic rings. The molecule has 4 aromatic heterocycles. The highest BCUT2D eigenvalue weighted by atomic mass is 16.5. The van der Waals surface area contributed by atoms with E-state index in [1.54, 1.807) is 35.2 Å². The number of amides is 1. The maximum absolute atomic E-state index is 11.4. The first-order valence-electron chi connectivity index (χ1n) is 11.4. The lowest BCUT2D eigenvalue weighted by molar-refractivity contribution is 0.159. The van der Waals surface area contributed by atoms with Crippen LogP contribution in [0, 0.1) is 11.3 Å². The van der Waals surface area contributed by atoms with Crippen molar-refractivity contribution in [3.05, 3.63) is 66.7 Å². The molecule has 0 radical (unpaired) electrons. The first-order valence-corrected chi connectivity index (χ1v) is 11.4. The lowest BCUT2D eigenvalue weighted by atomic mass is 10.1. The minimum absolute atomic E-state index is 0.390. The van der Waals surface area contributed by atoms with E-state index in [0.29, 0.717) is 48.2 Å². The first-order chi connectivity index (χ1) is 17.6. The molecular formula is C25H23N7O4. The van der Waals surface area contributed by atoms with Crippen molar-refractivity contribution in [1.29, 1.82) is 5.26 Å². The van der Waals surface area contributed by atoms with Crippen LogP contribution in [-0.4, -0.2) is 62.6 Å². The molecule has 36 heavy (non-hydrogen) atoms. The zero-order valence-electron chi connectivity index (χ0n) is 19.4. The zero-order chi connectivity index (χ0) is 25.1. The number of nitrogens with zero attached hydrogens (tertiary/aromatic N) is 6. The number of carbonyl (C=O) groups is 1. The molecule has 1 aliphatic heterocycles. The van der Waals surface area contributed by atoms with E-state index in [-0.39, 0.29) is 0 Å². The highest BCUT2D eigenvalue weighted by Crippen LogP contribution is 2.32. The molecule has 5 heterocycles. The van der Waals surface area contributed by atoms with Gasteiger partial charge >= 0.3 is 6.09 Å². The average Bonchev–Trinajstić information content (AvgIpc) is 3.48. The lowest BCUT2D eigenvalue weighted by Crippen LogP contribution is -2.44. The molecule has 0 spiro atoms. The minimum Gasteiger partial charge on any atom is -0.492 e. The summed E-state index contributed by atoms with van der Waals surface area (Å²) in [7, 11) is 0. The number of aromatic nitrogens is 4. The second-order valence-electron chi connectivity index (χ2n) is 8.18. The van der Waals surface area contributed by atoms with Gasteiger partial charge in [-0.05, 0) is 31.2 Å². The molecule has 1 saturated heterocycles. The molecule has 0 bridgehead atoms. The van der Waals surface area contributed by atoms with Gasteiger partial charge in [0.05, 0.1) is 42.7 Å². The average molecular weight is 486 g/mol. The Kier molecular flexibility index (Phi) is 6.23. The number of ether oxygens (including phenoxy) is 2. The van der Waals surface area contributed by atoms with Gasteiger partial charge in [-0.25, -0.2) is 19.3 Å². The molecule has 11 nitrogen and oxygen atoms in total. The molecule has 1 fully saturated rings. The van der Waals surface area contributed by atoms with Crippen LogP contribution in [0.15, 0.2) is 61.2 Å². The number of hydrogen-bond donors (Lipinski definition) is 2. The van der Waals surface area contributed by atoms with E-state index in [1.807, 2.05) is 36.1 Å². The third-order valence-corrected chi connectivity index (χ3v) is 5.89. The summed E-state index contributed by atoms with van der Waals surface area (Å²) in [6.07, 6.45) is 5.06. The van der Waals surface area contributed by atoms with E-state index >= 15 is 0 Å². The number of nitriles is 1. The van der Waals surface area contributed by atoms with Crippen molar-refractivity contribution >= 4 is 17.4 Å². The van der Waals surface area contributed by atoms with Crippen LogP contribution in [0.4, 0.5) is 10.6 Å². The first kappa shape index (κ1) is 22.9. The topological polar surface area (TPSA) is 138 Å². The molecule has 0 saturated carbocycles. The van der Waals surface area contributed by atoms with Gasteiger partial charge < -0.3 is 24.8 Å². The summed E-state index contributed by atoms with van der Waals surface area (Å²) >= 11 is 0. The molecule has 4 aromatic rings. The monoisotopic (exact) mass is 485 g/mol. The quantitative estimate of drug-likeness (QED) is 0.404. The fraction of sp³-hybridized carbons (Fsp3) is 0.240. The summed E-state index contributed by atoms with van der Waals surface area (Å²) in [5, 5.41) is 25.7. The summed E-state index contributed by atoms with van der Waals surface area (Å²) < 4.78 is 13.3. The number of fused-ring (bicyclic) bond motifs is 1. The van der Waals surface area contributed by atoms with E-state index in [2.05, 4.69) is 26.5 Å². The van der Waals surface area contributed by atoms with E-state index in [4.69, 9.17) is 9.47 Å². The smallest absolute Gasteiger partial charge is 0.405 e. The Hall–Kier alpha value is -4.85. The van der Waals surface area contributed by atoms with E-state index in [0.717, 1.165) is 11.1 Å². The number of anilines is 1. The predicted octanol–water partition coefficient (Wildman–Crippen LogP) is 2.97. The number of hydrogen-bond acceptors (Lipinski definition) is 8. The van der Waals surface area contributed by atoms with Gasteiger partial charge in [-0.3, -0.25) is 0 Å². The van der Waals surface area contributed by atoms with Crippen molar-refractivity contribution in [2.75, 3.05) is 24.6 Å². The van der Waals surface area contributed by atoms with Crippen LogP contribution < -0.4 is 19.7 Å². The molecule has 2 atom stereocenters. The SMILES string of the molecule is CCOc1cc(-c2ccc(N3C[C@H](NC(=O)O)[C@@H](Oc4ccccn4)C3)nc2)c2c(C#N)cnn2c1. The maximum Gasteiger partial charge on any atom is 0.405 e. The molecule has 1 amide bonds. The Morgan fingerprint density at radius 1 is 1.25 bits per heavy atom. The highest BCUT2D eigenvalue weighted by molar-refractivity contribution is 5.85. The number of rotatable bonds is 7. The fourth-order valence-corrected chi connectivity index (χ4v) is 4.33. The van der Waals surface area contributed by atoms with E-state index in [1.165, 1.54) is 6.20 Å². The number of nitrogens with one attached hydrogen (secondary N) is 1. The number of pyridine rings is 3. The van der Waals surface area contributed by atoms with Crippen LogP contribution in [0.1, 0.15) is 12.5 Å². The molecule has 182 valence electrons. The summed E-state index contributed by atoms with van der Waals surface area (Å²) in [6, 6.07) is 12.7. The summed E-state index contributed by atoms with van der Waals surface area (Å²) in [5.41, 5.74) is 2.69. The number of carboxylic acid groups (broad SMARTS) is 1. The van der Waals surface area contributed by atoms with Crippen LogP contribution in [0.3, 0.4) is 0 Å². The van der Waals surface area contributed by atoms with E-state index < -0.39 is 18.2 Å². The predicted molar refractivity (Wildman–Crippen MR) is 130 cm³/mol. The molecule has 0 aliphatic carbocycles. The minimum atomic E-state index is -1.12. The van der Waals surface area contributed by atoms with Crippen LogP contribution in [0.25, 0.3) is 16.6 Å². The molecule has 5 rings (SSSR count). The van der Waals surface area contributed by atoms with Gasteiger partial charge in [0.2, 0.25) is 5.88 Å². The maximum atomic E-state index is 11.4. The Labute approximate surface area is 206 Å². The van der Waals surface area contributed by atoms with Crippen molar-refractivity contribution in [3.8, 4) is 28.8 Å². The van der Waals surface area contributed by atoms with Crippen LogP contribution in [-0.2, 0) is 0 Å². The molecule has 11 heteroatoms. The van der Waals surface area contributed by atoms with Crippen LogP contribution in [0.2, 0.25) is 0 Å². The second kappa shape index (κ2) is 9.79. The molecule has 0 unspecified atom stereocenters. The highest BCUT2D eigenvalue weighted by Gasteiger charge is 2.36. The van der Waals surface area contributed by atoms with Crippen molar-refractivity contribution in [2.24, 2.45) is 0 Å². The standard InChI is InChI=1S/C25H23N7O4/c1-2-35-18-9-19(24-17(10-26)12-29-32(24)13-18)16-6-7-22(28-11-16)31-14-20(30-25(33)34)21(15-31)36-23-5-3-4-8-27-23/h3-9,11-13,20-21,30H,2,14-15H2,1H3,(H,33,34)/t20-,21-/m0/s1. The summed E-state index contributed by atoms with van der Waals surface area (Å²) in [4.78, 5) is 22.1. The van der Waals surface area contributed by atoms with Gasteiger partial charge in [0.1, 0.15) is 23.7 Å².